The van der Waals surface area contributed by atoms with Crippen molar-refractivity contribution in [1.29, 1.82) is 0 Å². The Balaban J connectivity index is 0.985. The van der Waals surface area contributed by atoms with Gasteiger partial charge in [-0.1, -0.05) is 40.7 Å². The Morgan fingerprint density at radius 1 is 1.10 bits per heavy atom. The van der Waals surface area contributed by atoms with Crippen LogP contribution in [0, 0.1) is 50.7 Å². The number of aliphatic hydroxyl groups is 3. The van der Waals surface area contributed by atoms with Crippen molar-refractivity contribution in [2.75, 3.05) is 19.7 Å². The van der Waals surface area contributed by atoms with Gasteiger partial charge in [-0.15, -0.1) is 0 Å². The van der Waals surface area contributed by atoms with Crippen LogP contribution in [0.15, 0.2) is 24.4 Å². The fourth-order valence-corrected chi connectivity index (χ4v) is 14.1. The standard InChI is InChI=1S/C41H62N2O7/c1-24-20-26(34(45)37(4,5)47)49-33-32(24)38(6)15-16-41-23-40(41)14-13-29(36(2,3)27(40)11-12-28(41)39(38,7)35(33)46)50-31-22-43(18-19-48-31)30(44)21-25-10-8-9-17-42-25/h8-10,17,24,26-29,31-35,45-47H,11-16,18-23H2,1-7H3/t24-,26?,27+,28?,29?,31+,32+,33?,34?,35+,38?,39-,40?,41?/m1/s1. The molecule has 2 saturated heterocycles. The van der Waals surface area contributed by atoms with E-state index in [-0.39, 0.29) is 57.0 Å². The molecule has 8 unspecified atom stereocenters. The Labute approximate surface area is 298 Å². The summed E-state index contributed by atoms with van der Waals surface area (Å²) >= 11 is 0. The first-order chi connectivity index (χ1) is 23.5. The summed E-state index contributed by atoms with van der Waals surface area (Å²) < 4.78 is 19.7. The number of hydrogen-bond acceptors (Lipinski definition) is 8. The molecule has 8 rings (SSSR count). The number of nitrogens with zero attached hydrogens (tertiary/aromatic N) is 2. The first kappa shape index (κ1) is 35.4. The molecule has 3 heterocycles. The molecule has 9 heteroatoms. The van der Waals surface area contributed by atoms with Crippen molar-refractivity contribution >= 4 is 5.91 Å². The third kappa shape index (κ3) is 4.85. The van der Waals surface area contributed by atoms with Crippen LogP contribution in [-0.4, -0.2) is 93.2 Å². The summed E-state index contributed by atoms with van der Waals surface area (Å²) in [5, 5.41) is 34.2. The molecule has 9 nitrogen and oxygen atoms in total. The van der Waals surface area contributed by atoms with Crippen LogP contribution in [0.4, 0.5) is 0 Å². The smallest absolute Gasteiger partial charge is 0.228 e. The molecule has 5 aliphatic carbocycles. The summed E-state index contributed by atoms with van der Waals surface area (Å²) in [7, 11) is 0. The highest BCUT2D eigenvalue weighted by molar-refractivity contribution is 5.78. The molecular formula is C41H62N2O7. The number of aliphatic hydroxyl groups excluding tert-OH is 2. The maximum Gasteiger partial charge on any atom is 0.228 e. The summed E-state index contributed by atoms with van der Waals surface area (Å²) in [5.74, 6) is 1.53. The third-order valence-corrected chi connectivity index (χ3v) is 16.6. The molecule has 7 fully saturated rings. The maximum absolute atomic E-state index is 13.2. The number of rotatable bonds is 6. The van der Waals surface area contributed by atoms with E-state index in [1.54, 1.807) is 20.0 Å². The van der Waals surface area contributed by atoms with Crippen LogP contribution < -0.4 is 0 Å². The number of hydrogen-bond donors (Lipinski definition) is 3. The number of morpholine rings is 1. The van der Waals surface area contributed by atoms with Crippen molar-refractivity contribution < 1.29 is 34.3 Å². The highest BCUT2D eigenvalue weighted by Gasteiger charge is 2.84. The van der Waals surface area contributed by atoms with Gasteiger partial charge in [0.2, 0.25) is 5.91 Å². The van der Waals surface area contributed by atoms with Crippen molar-refractivity contribution in [2.24, 2.45) is 50.7 Å². The summed E-state index contributed by atoms with van der Waals surface area (Å²) in [6, 6.07) is 5.68. The molecular weight excluding hydrogens is 632 g/mol. The zero-order valence-corrected chi connectivity index (χ0v) is 31.4. The van der Waals surface area contributed by atoms with E-state index in [2.05, 4.69) is 39.6 Å². The predicted molar refractivity (Wildman–Crippen MR) is 188 cm³/mol. The molecule has 50 heavy (non-hydrogen) atoms. The van der Waals surface area contributed by atoms with E-state index in [1.807, 2.05) is 23.1 Å². The van der Waals surface area contributed by atoms with Gasteiger partial charge in [-0.05, 0) is 123 Å². The van der Waals surface area contributed by atoms with Crippen LogP contribution in [0.25, 0.3) is 0 Å². The number of ether oxygens (including phenoxy) is 3. The SMILES string of the molecule is C[C@@H]1CC(C(O)C(C)(C)O)OC2[C@H]1C1(C)CCC34CC35CCC(O[C@H]3CN(C(=O)Cc6ccccn6)CCO3)C(C)(C)[C@@H]5CCC4[C@]1(C)[C@H]2O. The first-order valence-corrected chi connectivity index (χ1v) is 19.7. The molecule has 0 bridgehead atoms. The average Bonchev–Trinajstić information content (AvgIpc) is 3.70. The van der Waals surface area contributed by atoms with Crippen molar-refractivity contribution in [3.63, 3.8) is 0 Å². The molecule has 2 spiro atoms. The quantitative estimate of drug-likeness (QED) is 0.375. The monoisotopic (exact) mass is 694 g/mol. The Morgan fingerprint density at radius 3 is 2.56 bits per heavy atom. The van der Waals surface area contributed by atoms with Crippen LogP contribution in [0.5, 0.6) is 0 Å². The minimum atomic E-state index is -1.26. The fraction of sp³-hybridized carbons (Fsp3) is 0.854. The van der Waals surface area contributed by atoms with E-state index < -0.39 is 30.2 Å². The van der Waals surface area contributed by atoms with Crippen LogP contribution in [0.1, 0.15) is 106 Å². The topological polar surface area (TPSA) is 122 Å². The largest absolute Gasteiger partial charge is 0.390 e. The Kier molecular flexibility index (Phi) is 8.28. The van der Waals surface area contributed by atoms with Gasteiger partial charge in [0, 0.05) is 23.9 Å². The molecule has 1 amide bonds. The van der Waals surface area contributed by atoms with Crippen LogP contribution in [0.2, 0.25) is 0 Å². The van der Waals surface area contributed by atoms with Gasteiger partial charge in [-0.25, -0.2) is 0 Å². The molecule has 278 valence electrons. The van der Waals surface area contributed by atoms with Crippen LogP contribution in [-0.2, 0) is 25.4 Å². The van der Waals surface area contributed by atoms with Gasteiger partial charge < -0.3 is 34.4 Å². The lowest BCUT2D eigenvalue weighted by atomic mass is 9.41. The lowest BCUT2D eigenvalue weighted by Gasteiger charge is -2.64. The summed E-state index contributed by atoms with van der Waals surface area (Å²) in [5.41, 5.74) is -0.366. The number of carbonyl (C=O) groups excluding carboxylic acids is 1. The van der Waals surface area contributed by atoms with Gasteiger partial charge >= 0.3 is 0 Å². The van der Waals surface area contributed by atoms with Gasteiger partial charge in [-0.2, -0.15) is 0 Å². The molecule has 1 aromatic rings. The summed E-state index contributed by atoms with van der Waals surface area (Å²) in [6.45, 7) is 16.7. The van der Waals surface area contributed by atoms with E-state index in [0.717, 1.165) is 37.8 Å². The Morgan fingerprint density at radius 2 is 1.84 bits per heavy atom. The van der Waals surface area contributed by atoms with E-state index in [9.17, 15) is 20.1 Å². The van der Waals surface area contributed by atoms with E-state index in [1.165, 1.54) is 12.8 Å². The molecule has 3 N–H and O–H groups in total. The second kappa shape index (κ2) is 11.7. The van der Waals surface area contributed by atoms with Gasteiger partial charge in [0.05, 0.1) is 49.6 Å². The van der Waals surface area contributed by atoms with Gasteiger partial charge in [0.1, 0.15) is 6.10 Å². The van der Waals surface area contributed by atoms with Crippen molar-refractivity contribution in [1.82, 2.24) is 9.88 Å². The lowest BCUT2D eigenvalue weighted by Crippen LogP contribution is -2.60. The van der Waals surface area contributed by atoms with Crippen LogP contribution in [0.3, 0.4) is 0 Å². The fourth-order valence-electron chi connectivity index (χ4n) is 14.1. The number of aromatic nitrogens is 1. The molecule has 2 aliphatic heterocycles. The molecule has 14 atom stereocenters. The minimum absolute atomic E-state index is 0.0433. The normalized spacial score (nSPS) is 48.4. The maximum atomic E-state index is 13.2. The van der Waals surface area contributed by atoms with Crippen LogP contribution >= 0.6 is 0 Å². The second-order valence-electron chi connectivity index (χ2n) is 19.4. The third-order valence-electron chi connectivity index (χ3n) is 16.6. The minimum Gasteiger partial charge on any atom is -0.390 e. The summed E-state index contributed by atoms with van der Waals surface area (Å²) in [6.07, 6.45) is 7.83. The Bertz CT molecular complexity index is 1470. The first-order valence-electron chi connectivity index (χ1n) is 19.7. The highest BCUT2D eigenvalue weighted by atomic mass is 16.7. The average molecular weight is 695 g/mol. The predicted octanol–water partition coefficient (Wildman–Crippen LogP) is 5.14. The van der Waals surface area contributed by atoms with E-state index in [0.29, 0.717) is 44.4 Å². The summed E-state index contributed by atoms with van der Waals surface area (Å²) in [4.78, 5) is 19.4. The van der Waals surface area contributed by atoms with Gasteiger partial charge in [0.25, 0.3) is 0 Å². The molecule has 5 saturated carbocycles. The molecule has 0 radical (unpaired) electrons. The number of pyridine rings is 1. The number of carbonyl (C=O) groups is 1. The van der Waals surface area contributed by atoms with Gasteiger partial charge in [0.15, 0.2) is 6.29 Å². The van der Waals surface area contributed by atoms with Gasteiger partial charge in [-0.3, -0.25) is 9.78 Å². The Hall–Kier alpha value is -1.62. The molecule has 0 aromatic carbocycles. The van der Waals surface area contributed by atoms with E-state index in [4.69, 9.17) is 14.2 Å². The molecule has 1 aromatic heterocycles. The lowest BCUT2D eigenvalue weighted by molar-refractivity contribution is -0.248. The van der Waals surface area contributed by atoms with E-state index >= 15 is 0 Å². The van der Waals surface area contributed by atoms with Crippen molar-refractivity contribution in [3.8, 4) is 0 Å². The zero-order chi connectivity index (χ0) is 35.6. The highest BCUT2D eigenvalue weighted by Crippen LogP contribution is 2.89. The van der Waals surface area contributed by atoms with Crippen molar-refractivity contribution in [3.05, 3.63) is 30.1 Å². The zero-order valence-electron chi connectivity index (χ0n) is 31.4. The number of fused-ring (bicyclic) bond motifs is 4. The molecule has 7 aliphatic rings. The second-order valence-corrected chi connectivity index (χ2v) is 19.4. The van der Waals surface area contributed by atoms with Crippen molar-refractivity contribution in [2.45, 2.75) is 149 Å². The number of amides is 1.